The quantitative estimate of drug-likeness (QED) is 0.818. The van der Waals surface area contributed by atoms with Crippen molar-refractivity contribution < 1.29 is 28.2 Å². The first-order valence-electron chi connectivity index (χ1n) is 9.95. The van der Waals surface area contributed by atoms with E-state index >= 15 is 0 Å². The molecular weight excluding hydrogens is 381 g/mol. The van der Waals surface area contributed by atoms with Gasteiger partial charge in [0, 0.05) is 20.0 Å². The van der Waals surface area contributed by atoms with Crippen molar-refractivity contribution in [3.63, 3.8) is 0 Å². The Morgan fingerprint density at radius 2 is 2.10 bits per heavy atom. The lowest BCUT2D eigenvalue weighted by Crippen LogP contribution is -2.51. The normalized spacial score (nSPS) is 23.9. The molecule has 0 aliphatic carbocycles. The predicted octanol–water partition coefficient (Wildman–Crippen LogP) is 1.67. The first kappa shape index (κ1) is 19.9. The largest absolute Gasteiger partial charge is 0.442 e. The van der Waals surface area contributed by atoms with E-state index in [-0.39, 0.29) is 30.4 Å². The fourth-order valence-electron chi connectivity index (χ4n) is 4.08. The molecule has 1 unspecified atom stereocenters. The minimum absolute atomic E-state index is 0.191. The van der Waals surface area contributed by atoms with Gasteiger partial charge in [-0.15, -0.1) is 0 Å². The summed E-state index contributed by atoms with van der Waals surface area (Å²) in [5.41, 5.74) is 0.717. The summed E-state index contributed by atoms with van der Waals surface area (Å²) in [7, 11) is 0. The molecule has 0 aromatic heterocycles. The lowest BCUT2D eigenvalue weighted by atomic mass is 9.91. The lowest BCUT2D eigenvalue weighted by molar-refractivity contribution is -0.165. The highest BCUT2D eigenvalue weighted by atomic mass is 19.1. The number of hydrogen-bond acceptors (Lipinski definition) is 6. The number of anilines is 2. The molecule has 2 amide bonds. The van der Waals surface area contributed by atoms with Gasteiger partial charge in [-0.1, -0.05) is 0 Å². The van der Waals surface area contributed by atoms with E-state index in [2.05, 4.69) is 5.32 Å². The molecule has 9 heteroatoms. The fraction of sp³-hybridized carbons (Fsp3) is 0.600. The Morgan fingerprint density at radius 1 is 1.31 bits per heavy atom. The number of nitrogens with one attached hydrogen (secondary N) is 1. The van der Waals surface area contributed by atoms with Crippen molar-refractivity contribution >= 4 is 23.4 Å². The molecule has 8 nitrogen and oxygen atoms in total. The third-order valence-corrected chi connectivity index (χ3v) is 5.71. The van der Waals surface area contributed by atoms with Gasteiger partial charge < -0.3 is 24.4 Å². The molecule has 0 bridgehead atoms. The molecule has 3 aliphatic heterocycles. The highest BCUT2D eigenvalue weighted by Gasteiger charge is 2.38. The van der Waals surface area contributed by atoms with Crippen LogP contribution in [0.2, 0.25) is 0 Å². The average molecular weight is 407 g/mol. The first-order chi connectivity index (χ1) is 14.0. The molecule has 3 aliphatic rings. The third-order valence-electron chi connectivity index (χ3n) is 5.71. The van der Waals surface area contributed by atoms with Gasteiger partial charge in [0.25, 0.3) is 0 Å². The Labute approximate surface area is 168 Å². The van der Waals surface area contributed by atoms with Crippen LogP contribution in [0.3, 0.4) is 0 Å². The summed E-state index contributed by atoms with van der Waals surface area (Å²) < 4.78 is 31.6. The van der Waals surface area contributed by atoms with Crippen molar-refractivity contribution in [3.8, 4) is 0 Å². The zero-order valence-corrected chi connectivity index (χ0v) is 16.5. The number of amides is 2. The number of halogens is 1. The molecule has 1 N–H and O–H groups in total. The number of carbonyl (C=O) groups excluding carboxylic acids is 2. The highest BCUT2D eigenvalue weighted by molar-refractivity contribution is 5.90. The van der Waals surface area contributed by atoms with E-state index in [1.165, 1.54) is 17.9 Å². The number of carbonyl (C=O) groups is 2. The van der Waals surface area contributed by atoms with Gasteiger partial charge in [-0.05, 0) is 31.0 Å². The van der Waals surface area contributed by atoms with Crippen LogP contribution >= 0.6 is 0 Å². The molecule has 0 radical (unpaired) electrons. The van der Waals surface area contributed by atoms with Crippen LogP contribution in [-0.4, -0.2) is 69.7 Å². The van der Waals surface area contributed by atoms with Crippen LogP contribution < -0.4 is 15.1 Å². The minimum atomic E-state index is -0.540. The number of piperidine rings is 1. The van der Waals surface area contributed by atoms with E-state index < -0.39 is 12.2 Å². The van der Waals surface area contributed by atoms with Gasteiger partial charge in [0.05, 0.1) is 49.9 Å². The van der Waals surface area contributed by atoms with E-state index in [1.807, 2.05) is 4.90 Å². The number of nitrogens with zero attached hydrogens (tertiary/aromatic N) is 2. The summed E-state index contributed by atoms with van der Waals surface area (Å²) in [5, 5.41) is 2.63. The molecule has 1 aromatic carbocycles. The molecule has 3 saturated heterocycles. The summed E-state index contributed by atoms with van der Waals surface area (Å²) in [4.78, 5) is 26.6. The second-order valence-corrected chi connectivity index (χ2v) is 7.76. The van der Waals surface area contributed by atoms with Crippen molar-refractivity contribution in [1.29, 1.82) is 0 Å². The fourth-order valence-corrected chi connectivity index (χ4v) is 4.08. The maximum absolute atomic E-state index is 14.9. The highest BCUT2D eigenvalue weighted by Crippen LogP contribution is 2.34. The maximum Gasteiger partial charge on any atom is 0.414 e. The molecular formula is C20H26FN3O5. The van der Waals surface area contributed by atoms with Crippen LogP contribution in [0.5, 0.6) is 0 Å². The minimum Gasteiger partial charge on any atom is -0.442 e. The van der Waals surface area contributed by atoms with Crippen LogP contribution in [0, 0.1) is 5.82 Å². The Kier molecular flexibility index (Phi) is 5.60. The van der Waals surface area contributed by atoms with Gasteiger partial charge in [-0.2, -0.15) is 0 Å². The number of rotatable bonds is 4. The second kappa shape index (κ2) is 8.16. The van der Waals surface area contributed by atoms with Crippen LogP contribution in [-0.2, 0) is 19.0 Å². The Morgan fingerprint density at radius 3 is 2.76 bits per heavy atom. The smallest absolute Gasteiger partial charge is 0.414 e. The zero-order chi connectivity index (χ0) is 20.4. The van der Waals surface area contributed by atoms with Crippen LogP contribution in [0.25, 0.3) is 0 Å². The summed E-state index contributed by atoms with van der Waals surface area (Å²) in [6, 6.07) is 4.79. The van der Waals surface area contributed by atoms with Gasteiger partial charge in [0.1, 0.15) is 11.9 Å². The van der Waals surface area contributed by atoms with Crippen molar-refractivity contribution in [2.45, 2.75) is 31.5 Å². The Hall–Kier alpha value is -2.39. The molecule has 0 saturated carbocycles. The van der Waals surface area contributed by atoms with Gasteiger partial charge in [0.2, 0.25) is 5.91 Å². The summed E-state index contributed by atoms with van der Waals surface area (Å²) in [5.74, 6) is -0.569. The van der Waals surface area contributed by atoms with Crippen molar-refractivity contribution in [2.24, 2.45) is 0 Å². The van der Waals surface area contributed by atoms with Crippen LogP contribution in [0.4, 0.5) is 20.6 Å². The van der Waals surface area contributed by atoms with Crippen molar-refractivity contribution in [2.75, 3.05) is 55.8 Å². The molecule has 1 spiro atoms. The molecule has 158 valence electrons. The van der Waals surface area contributed by atoms with E-state index in [4.69, 9.17) is 14.2 Å². The molecule has 4 rings (SSSR count). The average Bonchev–Trinajstić information content (AvgIpc) is 3.09. The predicted molar refractivity (Wildman–Crippen MR) is 104 cm³/mol. The van der Waals surface area contributed by atoms with E-state index in [9.17, 15) is 14.0 Å². The topological polar surface area (TPSA) is 80.3 Å². The maximum atomic E-state index is 14.9. The van der Waals surface area contributed by atoms with Crippen LogP contribution in [0.15, 0.2) is 18.2 Å². The number of cyclic esters (lactones) is 1. The van der Waals surface area contributed by atoms with Crippen LogP contribution in [0.1, 0.15) is 19.8 Å². The van der Waals surface area contributed by atoms with Crippen molar-refractivity contribution in [3.05, 3.63) is 24.0 Å². The third kappa shape index (κ3) is 4.30. The second-order valence-electron chi connectivity index (χ2n) is 7.76. The SMILES string of the molecule is CC(=O)NCC1CN(c2ccc(N3CCC4(CC3)COCCO4)c(F)c2)C(=O)O1. The molecule has 3 heterocycles. The molecule has 3 fully saturated rings. The van der Waals surface area contributed by atoms with E-state index in [0.29, 0.717) is 44.3 Å². The monoisotopic (exact) mass is 407 g/mol. The van der Waals surface area contributed by atoms with Gasteiger partial charge in [-0.25, -0.2) is 9.18 Å². The zero-order valence-electron chi connectivity index (χ0n) is 16.5. The van der Waals surface area contributed by atoms with Gasteiger partial charge in [0.15, 0.2) is 0 Å². The molecule has 1 aromatic rings. The number of ether oxygens (including phenoxy) is 3. The summed E-state index contributed by atoms with van der Waals surface area (Å²) in [6.07, 6.45) is 0.585. The van der Waals surface area contributed by atoms with Gasteiger partial charge in [-0.3, -0.25) is 9.69 Å². The van der Waals surface area contributed by atoms with Crippen molar-refractivity contribution in [1.82, 2.24) is 5.32 Å². The van der Waals surface area contributed by atoms with Gasteiger partial charge >= 0.3 is 6.09 Å². The number of benzene rings is 1. The Balaban J connectivity index is 1.39. The number of hydrogen-bond donors (Lipinski definition) is 1. The van der Waals surface area contributed by atoms with E-state index in [0.717, 1.165) is 12.8 Å². The standard InChI is InChI=1S/C20H26FN3O5/c1-14(25)22-11-16-12-24(19(26)29-16)15-2-3-18(17(21)10-15)23-6-4-20(5-7-23)13-27-8-9-28-20/h2-3,10,16H,4-9,11-13H2,1H3,(H,22,25). The molecule has 29 heavy (non-hydrogen) atoms. The summed E-state index contributed by atoms with van der Waals surface area (Å²) >= 11 is 0. The molecule has 1 atom stereocenters. The Bertz CT molecular complexity index is 773. The van der Waals surface area contributed by atoms with E-state index in [1.54, 1.807) is 12.1 Å². The summed E-state index contributed by atoms with van der Waals surface area (Å²) in [6.45, 7) is 5.11. The first-order valence-corrected chi connectivity index (χ1v) is 9.95. The lowest BCUT2D eigenvalue weighted by Gasteiger charge is -2.44.